The monoisotopic (exact) mass is 115 g/mol. The highest BCUT2D eigenvalue weighted by atomic mass is 32.2. The van der Waals surface area contributed by atoms with Crippen molar-refractivity contribution in [2.75, 3.05) is 6.54 Å². The van der Waals surface area contributed by atoms with E-state index in [-0.39, 0.29) is 0 Å². The van der Waals surface area contributed by atoms with Crippen LogP contribution < -0.4 is 0 Å². The number of hydrogen-bond donors (Lipinski definition) is 0. The summed E-state index contributed by atoms with van der Waals surface area (Å²) in [6.07, 6.45) is 2.77. The van der Waals surface area contributed by atoms with E-state index in [2.05, 4.69) is 0 Å². The maximum atomic E-state index is 9.87. The van der Waals surface area contributed by atoms with Crippen molar-refractivity contribution in [1.29, 1.82) is 0 Å². The van der Waals surface area contributed by atoms with Gasteiger partial charge in [0.25, 0.3) is 0 Å². The summed E-state index contributed by atoms with van der Waals surface area (Å²) in [7, 11) is 0. The van der Waals surface area contributed by atoms with Crippen LogP contribution in [-0.4, -0.2) is 17.3 Å². The van der Waals surface area contributed by atoms with Gasteiger partial charge < -0.3 is 0 Å². The van der Waals surface area contributed by atoms with Gasteiger partial charge in [-0.1, -0.05) is 6.08 Å². The third-order valence-corrected chi connectivity index (χ3v) is 1.52. The summed E-state index contributed by atoms with van der Waals surface area (Å²) in [4.78, 5) is 9.87. The van der Waals surface area contributed by atoms with Gasteiger partial charge in [-0.25, -0.2) is 0 Å². The molecule has 1 rings (SSSR count). The van der Waals surface area contributed by atoms with E-state index < -0.39 is 0 Å². The molecule has 0 spiro atoms. The summed E-state index contributed by atoms with van der Waals surface area (Å²) >= 11 is 1.43. The molecule has 0 N–H and O–H groups in total. The van der Waals surface area contributed by atoms with Gasteiger partial charge in [0, 0.05) is 0 Å². The summed E-state index contributed by atoms with van der Waals surface area (Å²) in [6, 6.07) is 0. The highest BCUT2D eigenvalue weighted by molar-refractivity contribution is 8.00. The Morgan fingerprint density at radius 1 is 1.86 bits per heavy atom. The van der Waals surface area contributed by atoms with Crippen molar-refractivity contribution in [2.24, 2.45) is 0 Å². The molecule has 0 saturated heterocycles. The van der Waals surface area contributed by atoms with Crippen molar-refractivity contribution in [3.63, 3.8) is 0 Å². The fourth-order valence-corrected chi connectivity index (χ4v) is 0.929. The van der Waals surface area contributed by atoms with Crippen LogP contribution in [0, 0.1) is 0 Å². The third kappa shape index (κ3) is 0.962. The fourth-order valence-electron chi connectivity index (χ4n) is 0.379. The van der Waals surface area contributed by atoms with Gasteiger partial charge in [0.2, 0.25) is 6.41 Å². The summed E-state index contributed by atoms with van der Waals surface area (Å²) in [5.74, 6) is 0. The zero-order valence-electron chi connectivity index (χ0n) is 3.70. The number of carbonyl (C=O) groups excluding carboxylic acids is 1. The minimum atomic E-state index is 0.758. The molecule has 1 aliphatic rings. The second-order valence-electron chi connectivity index (χ2n) is 1.18. The molecule has 0 aromatic heterocycles. The largest absolute Gasteiger partial charge is 0.281 e. The van der Waals surface area contributed by atoms with Crippen LogP contribution in [0.5, 0.6) is 0 Å². The van der Waals surface area contributed by atoms with Crippen molar-refractivity contribution < 1.29 is 4.79 Å². The van der Waals surface area contributed by atoms with E-state index in [0.29, 0.717) is 0 Å². The highest BCUT2D eigenvalue weighted by Gasteiger charge is 2.00. The lowest BCUT2D eigenvalue weighted by Gasteiger charge is -2.01. The number of amides is 1. The van der Waals surface area contributed by atoms with E-state index in [1.54, 1.807) is 4.31 Å². The van der Waals surface area contributed by atoms with Gasteiger partial charge in [-0.2, -0.15) is 0 Å². The molecule has 1 aliphatic heterocycles. The molecule has 0 fully saturated rings. The van der Waals surface area contributed by atoms with Gasteiger partial charge in [0.1, 0.15) is 0 Å². The Kier molecular flexibility index (Phi) is 1.36. The van der Waals surface area contributed by atoms with Crippen molar-refractivity contribution in [1.82, 2.24) is 4.31 Å². The van der Waals surface area contributed by atoms with Crippen molar-refractivity contribution in [2.45, 2.75) is 0 Å². The first kappa shape index (κ1) is 4.71. The molecule has 0 aliphatic carbocycles. The quantitative estimate of drug-likeness (QED) is 0.369. The minimum Gasteiger partial charge on any atom is -0.281 e. The van der Waals surface area contributed by atoms with Crippen LogP contribution in [0.3, 0.4) is 0 Å². The lowest BCUT2D eigenvalue weighted by molar-refractivity contribution is -0.113. The SMILES string of the molecule is O=CN1CC=CS1. The molecule has 0 atom stereocenters. The molecular weight excluding hydrogens is 110 g/mol. The molecule has 0 bridgehead atoms. The topological polar surface area (TPSA) is 20.3 Å². The molecule has 1 amide bonds. The Hall–Kier alpha value is -0.440. The van der Waals surface area contributed by atoms with E-state index in [9.17, 15) is 4.79 Å². The average Bonchev–Trinajstić information content (AvgIpc) is 2.14. The molecular formula is C4H5NOS. The molecule has 0 radical (unpaired) electrons. The summed E-state index contributed by atoms with van der Waals surface area (Å²) in [6.45, 7) is 0.758. The molecule has 0 aromatic carbocycles. The van der Waals surface area contributed by atoms with Crippen LogP contribution in [0.1, 0.15) is 0 Å². The maximum absolute atomic E-state index is 9.87. The van der Waals surface area contributed by atoms with E-state index in [0.717, 1.165) is 13.0 Å². The first-order valence-electron chi connectivity index (χ1n) is 1.97. The Morgan fingerprint density at radius 3 is 3.00 bits per heavy atom. The standard InChI is InChI=1S/C4H5NOS/c6-4-5-2-1-3-7-5/h1,3-4H,2H2. The van der Waals surface area contributed by atoms with Gasteiger partial charge >= 0.3 is 0 Å². The Bertz CT molecular complexity index is 93.9. The fraction of sp³-hybridized carbons (Fsp3) is 0.250. The lowest BCUT2D eigenvalue weighted by Crippen LogP contribution is -2.06. The summed E-state index contributed by atoms with van der Waals surface area (Å²) in [5, 5.41) is 1.90. The molecule has 0 saturated carbocycles. The number of nitrogens with zero attached hydrogens (tertiary/aromatic N) is 1. The molecule has 7 heavy (non-hydrogen) atoms. The first-order chi connectivity index (χ1) is 3.43. The van der Waals surface area contributed by atoms with E-state index in [4.69, 9.17) is 0 Å². The second-order valence-corrected chi connectivity index (χ2v) is 2.13. The van der Waals surface area contributed by atoms with Gasteiger partial charge in [0.15, 0.2) is 0 Å². The van der Waals surface area contributed by atoms with Crippen LogP contribution in [0.15, 0.2) is 11.5 Å². The zero-order chi connectivity index (χ0) is 5.11. The first-order valence-corrected chi connectivity index (χ1v) is 2.81. The van der Waals surface area contributed by atoms with Crippen LogP contribution in [0.2, 0.25) is 0 Å². The summed E-state index contributed by atoms with van der Waals surface area (Å²) < 4.78 is 1.61. The third-order valence-electron chi connectivity index (χ3n) is 0.695. The predicted molar refractivity (Wildman–Crippen MR) is 29.5 cm³/mol. The Labute approximate surface area is 46.3 Å². The van der Waals surface area contributed by atoms with E-state index in [1.165, 1.54) is 11.9 Å². The van der Waals surface area contributed by atoms with Crippen molar-refractivity contribution in [3.05, 3.63) is 11.5 Å². The molecule has 38 valence electrons. The predicted octanol–water partition coefficient (Wildman–Crippen LogP) is 0.620. The molecule has 2 nitrogen and oxygen atoms in total. The average molecular weight is 115 g/mol. The minimum absolute atomic E-state index is 0.758. The lowest BCUT2D eigenvalue weighted by atomic mass is 10.6. The Balaban J connectivity index is 2.35. The van der Waals surface area contributed by atoms with Crippen LogP contribution in [-0.2, 0) is 4.79 Å². The maximum Gasteiger partial charge on any atom is 0.220 e. The molecule has 0 unspecified atom stereocenters. The molecule has 1 heterocycles. The van der Waals surface area contributed by atoms with Gasteiger partial charge in [-0.15, -0.1) is 0 Å². The van der Waals surface area contributed by atoms with Gasteiger partial charge in [0.05, 0.1) is 6.54 Å². The number of rotatable bonds is 1. The molecule has 0 aromatic rings. The van der Waals surface area contributed by atoms with Gasteiger partial charge in [-0.3, -0.25) is 9.10 Å². The van der Waals surface area contributed by atoms with Crippen molar-refractivity contribution >= 4 is 18.4 Å². The normalized spacial score (nSPS) is 18.0. The number of hydrogen-bond acceptors (Lipinski definition) is 2. The van der Waals surface area contributed by atoms with E-state index >= 15 is 0 Å². The second kappa shape index (κ2) is 2.02. The number of carbonyl (C=O) groups is 1. The van der Waals surface area contributed by atoms with Gasteiger partial charge in [-0.05, 0) is 17.4 Å². The van der Waals surface area contributed by atoms with Crippen LogP contribution in [0.25, 0.3) is 0 Å². The zero-order valence-corrected chi connectivity index (χ0v) is 4.52. The van der Waals surface area contributed by atoms with E-state index in [1.807, 2.05) is 11.5 Å². The highest BCUT2D eigenvalue weighted by Crippen LogP contribution is 2.13. The molecule has 3 heteroatoms. The van der Waals surface area contributed by atoms with Crippen LogP contribution in [0.4, 0.5) is 0 Å². The van der Waals surface area contributed by atoms with Crippen LogP contribution >= 0.6 is 11.9 Å². The summed E-state index contributed by atoms with van der Waals surface area (Å²) in [5.41, 5.74) is 0. The van der Waals surface area contributed by atoms with Crippen molar-refractivity contribution in [3.8, 4) is 0 Å². The Morgan fingerprint density at radius 2 is 2.71 bits per heavy atom. The smallest absolute Gasteiger partial charge is 0.220 e.